The van der Waals surface area contributed by atoms with Crippen molar-refractivity contribution in [1.82, 2.24) is 10.2 Å². The number of amides is 1. The Balaban J connectivity index is 1.38. The highest BCUT2D eigenvalue weighted by Gasteiger charge is 2.48. The number of anilines is 1. The summed E-state index contributed by atoms with van der Waals surface area (Å²) in [7, 11) is 2.97. The van der Waals surface area contributed by atoms with Gasteiger partial charge in [0.25, 0.3) is 5.78 Å². The molecule has 0 saturated carbocycles. The summed E-state index contributed by atoms with van der Waals surface area (Å²) in [5.41, 5.74) is 1.93. The molecule has 0 radical (unpaired) electrons. The zero-order chi connectivity index (χ0) is 30.1. The van der Waals surface area contributed by atoms with Crippen LogP contribution in [0.15, 0.2) is 94.8 Å². The second-order valence-electron chi connectivity index (χ2n) is 9.57. The van der Waals surface area contributed by atoms with Gasteiger partial charge in [-0.05, 0) is 52.2 Å². The molecule has 11 heteroatoms. The molecule has 1 fully saturated rings. The minimum absolute atomic E-state index is 0.0836. The number of methoxy groups -OCH3 is 2. The Hall–Kier alpha value is -4.38. The number of ketones is 1. The summed E-state index contributed by atoms with van der Waals surface area (Å²) in [4.78, 5) is 28.4. The number of halogens is 1. The maximum Gasteiger partial charge on any atom is 0.301 e. The highest BCUT2D eigenvalue weighted by Crippen LogP contribution is 2.45. The van der Waals surface area contributed by atoms with Crippen LogP contribution < -0.4 is 14.4 Å². The number of carbonyl (C=O) groups is 2. The number of thioether (sulfide) groups is 1. The third-order valence-corrected chi connectivity index (χ3v) is 9.48. The molecular formula is C32H24ClN3O5S2. The first kappa shape index (κ1) is 28.7. The molecule has 1 atom stereocenters. The summed E-state index contributed by atoms with van der Waals surface area (Å²) in [6.07, 6.45) is 0. The number of aromatic nitrogens is 2. The van der Waals surface area contributed by atoms with Gasteiger partial charge in [0.05, 0.1) is 25.8 Å². The molecule has 1 aliphatic heterocycles. The van der Waals surface area contributed by atoms with Crippen molar-refractivity contribution in [2.45, 2.75) is 16.1 Å². The fraction of sp³-hybridized carbons (Fsp3) is 0.125. The number of nitrogens with zero attached hydrogens (tertiary/aromatic N) is 3. The molecule has 1 amide bonds. The quantitative estimate of drug-likeness (QED) is 0.0628. The number of fused-ring (bicyclic) bond motifs is 1. The van der Waals surface area contributed by atoms with Gasteiger partial charge in [0.1, 0.15) is 5.76 Å². The number of rotatable bonds is 8. The number of aliphatic hydroxyl groups excluding tert-OH is 1. The van der Waals surface area contributed by atoms with Crippen LogP contribution in [0, 0.1) is 0 Å². The number of ether oxygens (including phenoxy) is 2. The minimum atomic E-state index is -0.964. The lowest BCUT2D eigenvalue weighted by molar-refractivity contribution is -0.132. The average Bonchev–Trinajstić information content (AvgIpc) is 3.61. The molecule has 2 heterocycles. The van der Waals surface area contributed by atoms with Gasteiger partial charge in [0.15, 0.2) is 15.8 Å². The second-order valence-corrected chi connectivity index (χ2v) is 12.2. The largest absolute Gasteiger partial charge is 0.507 e. The van der Waals surface area contributed by atoms with Crippen LogP contribution in [0.5, 0.6) is 11.5 Å². The molecule has 43 heavy (non-hydrogen) atoms. The SMILES string of the molecule is COc1ccc(/C(O)=C2\C(=O)C(=O)N(c3nnc(SCc4cccc5ccccc45)s3)C2c2ccc(Cl)cc2)cc1OC. The van der Waals surface area contributed by atoms with Crippen LogP contribution in [-0.4, -0.2) is 41.2 Å². The fourth-order valence-corrected chi connectivity index (χ4v) is 7.04. The first-order valence-corrected chi connectivity index (χ1v) is 15.3. The van der Waals surface area contributed by atoms with Crippen molar-refractivity contribution in [3.63, 3.8) is 0 Å². The second kappa shape index (κ2) is 12.1. The number of Topliss-reactive ketones (excluding diaryl/α,β-unsaturated/α-hetero) is 1. The maximum atomic E-state index is 13.6. The summed E-state index contributed by atoms with van der Waals surface area (Å²) in [6, 6.07) is 24.9. The topological polar surface area (TPSA) is 102 Å². The Kier molecular flexibility index (Phi) is 8.07. The van der Waals surface area contributed by atoms with E-state index in [4.69, 9.17) is 21.1 Å². The lowest BCUT2D eigenvalue weighted by Gasteiger charge is -2.22. The average molecular weight is 630 g/mol. The lowest BCUT2D eigenvalue weighted by Crippen LogP contribution is -2.29. The summed E-state index contributed by atoms with van der Waals surface area (Å²) < 4.78 is 11.3. The van der Waals surface area contributed by atoms with Crippen molar-refractivity contribution in [1.29, 1.82) is 0 Å². The van der Waals surface area contributed by atoms with Gasteiger partial charge < -0.3 is 14.6 Å². The number of benzene rings is 4. The van der Waals surface area contributed by atoms with Crippen LogP contribution >= 0.6 is 34.7 Å². The molecule has 0 bridgehead atoms. The fourth-order valence-electron chi connectivity index (χ4n) is 5.05. The molecule has 8 nitrogen and oxygen atoms in total. The Labute approximate surface area is 260 Å². The Morgan fingerprint density at radius 2 is 1.70 bits per heavy atom. The van der Waals surface area contributed by atoms with E-state index in [1.165, 1.54) is 42.2 Å². The van der Waals surface area contributed by atoms with E-state index in [-0.39, 0.29) is 16.5 Å². The van der Waals surface area contributed by atoms with Gasteiger partial charge in [-0.15, -0.1) is 10.2 Å². The molecule has 216 valence electrons. The van der Waals surface area contributed by atoms with E-state index in [0.717, 1.165) is 16.3 Å². The Bertz CT molecular complexity index is 1880. The van der Waals surface area contributed by atoms with Gasteiger partial charge >= 0.3 is 5.91 Å². The van der Waals surface area contributed by atoms with Crippen LogP contribution in [0.25, 0.3) is 16.5 Å². The van der Waals surface area contributed by atoms with Crippen molar-refractivity contribution in [2.24, 2.45) is 0 Å². The first-order valence-electron chi connectivity index (χ1n) is 13.1. The predicted molar refractivity (Wildman–Crippen MR) is 169 cm³/mol. The van der Waals surface area contributed by atoms with Crippen LogP contribution in [0.1, 0.15) is 22.7 Å². The molecule has 0 aliphatic carbocycles. The molecular weight excluding hydrogens is 606 g/mol. The van der Waals surface area contributed by atoms with Crippen LogP contribution in [0.4, 0.5) is 5.13 Å². The van der Waals surface area contributed by atoms with E-state index < -0.39 is 17.7 Å². The van der Waals surface area contributed by atoms with Gasteiger partial charge in [-0.3, -0.25) is 14.5 Å². The zero-order valence-electron chi connectivity index (χ0n) is 23.0. The van der Waals surface area contributed by atoms with E-state index in [0.29, 0.717) is 37.7 Å². The smallest absolute Gasteiger partial charge is 0.301 e. The van der Waals surface area contributed by atoms with E-state index in [1.807, 2.05) is 18.2 Å². The van der Waals surface area contributed by atoms with Crippen LogP contribution in [-0.2, 0) is 15.3 Å². The molecule has 1 aromatic heterocycles. The van der Waals surface area contributed by atoms with Gasteiger partial charge in [-0.25, -0.2) is 0 Å². The third-order valence-electron chi connectivity index (χ3n) is 7.12. The van der Waals surface area contributed by atoms with Crippen molar-refractivity contribution >= 4 is 68.1 Å². The van der Waals surface area contributed by atoms with Crippen molar-refractivity contribution in [3.05, 3.63) is 112 Å². The summed E-state index contributed by atoms with van der Waals surface area (Å²) >= 11 is 8.86. The zero-order valence-corrected chi connectivity index (χ0v) is 25.4. The maximum absolute atomic E-state index is 13.6. The third kappa shape index (κ3) is 5.45. The Morgan fingerprint density at radius 1 is 0.953 bits per heavy atom. The highest BCUT2D eigenvalue weighted by molar-refractivity contribution is 8.00. The van der Waals surface area contributed by atoms with Crippen molar-refractivity contribution in [3.8, 4) is 11.5 Å². The van der Waals surface area contributed by atoms with E-state index in [9.17, 15) is 14.7 Å². The summed E-state index contributed by atoms with van der Waals surface area (Å²) in [6.45, 7) is 0. The van der Waals surface area contributed by atoms with Crippen LogP contribution in [0.3, 0.4) is 0 Å². The molecule has 6 rings (SSSR count). The molecule has 0 spiro atoms. The molecule has 1 unspecified atom stereocenters. The predicted octanol–water partition coefficient (Wildman–Crippen LogP) is 7.28. The number of aliphatic hydroxyl groups is 1. The number of carbonyl (C=O) groups excluding carboxylic acids is 2. The normalized spacial score (nSPS) is 16.2. The van der Waals surface area contributed by atoms with E-state index in [2.05, 4.69) is 34.5 Å². The van der Waals surface area contributed by atoms with E-state index >= 15 is 0 Å². The van der Waals surface area contributed by atoms with Gasteiger partial charge in [-0.1, -0.05) is 89.3 Å². The van der Waals surface area contributed by atoms with Gasteiger partial charge in [0.2, 0.25) is 5.13 Å². The summed E-state index contributed by atoms with van der Waals surface area (Å²) in [5, 5.41) is 23.1. The monoisotopic (exact) mass is 629 g/mol. The molecule has 1 N–H and O–H groups in total. The molecule has 1 saturated heterocycles. The van der Waals surface area contributed by atoms with Gasteiger partial charge in [-0.2, -0.15) is 0 Å². The standard InChI is InChI=1S/C32H24ClN3O5S2/c1-40-24-15-12-20(16-25(24)41-2)28(37)26-27(19-10-13-22(33)14-11-19)36(30(39)29(26)38)31-34-35-32(43-31)42-17-21-8-5-7-18-6-3-4-9-23(18)21/h3-16,27,37H,17H2,1-2H3/b28-26+. The molecule has 4 aromatic carbocycles. The Morgan fingerprint density at radius 3 is 2.47 bits per heavy atom. The molecule has 1 aliphatic rings. The molecule has 5 aromatic rings. The summed E-state index contributed by atoms with van der Waals surface area (Å²) in [5.74, 6) is -0.542. The van der Waals surface area contributed by atoms with Crippen LogP contribution in [0.2, 0.25) is 5.02 Å². The number of hydrogen-bond acceptors (Lipinski definition) is 9. The van der Waals surface area contributed by atoms with Crippen molar-refractivity contribution < 1.29 is 24.2 Å². The number of hydrogen-bond donors (Lipinski definition) is 1. The lowest BCUT2D eigenvalue weighted by atomic mass is 9.95. The highest BCUT2D eigenvalue weighted by atomic mass is 35.5. The van der Waals surface area contributed by atoms with Gasteiger partial charge in [0, 0.05) is 16.3 Å². The first-order chi connectivity index (χ1) is 20.9. The minimum Gasteiger partial charge on any atom is -0.507 e. The van der Waals surface area contributed by atoms with Crippen molar-refractivity contribution in [2.75, 3.05) is 19.1 Å². The van der Waals surface area contributed by atoms with E-state index in [1.54, 1.807) is 42.5 Å².